The van der Waals surface area contributed by atoms with Gasteiger partial charge < -0.3 is 5.32 Å². The molecule has 1 atom stereocenters. The molecule has 1 aliphatic heterocycles. The molecule has 0 radical (unpaired) electrons. The highest BCUT2D eigenvalue weighted by Gasteiger charge is 2.41. The standard InChI is InChI=1S/C15H30N2/c1-4-17-11-14(10-13(2)3)16-12-15(17)8-6-5-7-9-15/h13-14,16H,4-12H2,1-3H3. The minimum atomic E-state index is 0.514. The van der Waals surface area contributed by atoms with Gasteiger partial charge in [-0.05, 0) is 31.7 Å². The molecule has 0 aromatic carbocycles. The van der Waals surface area contributed by atoms with Crippen LogP contribution in [0.25, 0.3) is 0 Å². The molecule has 17 heavy (non-hydrogen) atoms. The summed E-state index contributed by atoms with van der Waals surface area (Å²) in [5.41, 5.74) is 0.514. The van der Waals surface area contributed by atoms with Gasteiger partial charge in [0, 0.05) is 24.7 Å². The number of hydrogen-bond acceptors (Lipinski definition) is 2. The van der Waals surface area contributed by atoms with Gasteiger partial charge in [0.15, 0.2) is 0 Å². The molecule has 100 valence electrons. The van der Waals surface area contributed by atoms with Crippen molar-refractivity contribution in [1.82, 2.24) is 10.2 Å². The Bertz CT molecular complexity index is 231. The van der Waals surface area contributed by atoms with E-state index in [4.69, 9.17) is 0 Å². The van der Waals surface area contributed by atoms with Gasteiger partial charge in [0.05, 0.1) is 0 Å². The summed E-state index contributed by atoms with van der Waals surface area (Å²) >= 11 is 0. The lowest BCUT2D eigenvalue weighted by Gasteiger charge is -2.52. The minimum absolute atomic E-state index is 0.514. The van der Waals surface area contributed by atoms with Gasteiger partial charge in [-0.3, -0.25) is 4.90 Å². The highest BCUT2D eigenvalue weighted by atomic mass is 15.3. The summed E-state index contributed by atoms with van der Waals surface area (Å²) in [5, 5.41) is 3.83. The predicted octanol–water partition coefficient (Wildman–Crippen LogP) is 3.03. The number of piperazine rings is 1. The molecule has 1 heterocycles. The third-order valence-electron chi connectivity index (χ3n) is 4.75. The topological polar surface area (TPSA) is 15.3 Å². The summed E-state index contributed by atoms with van der Waals surface area (Å²) in [6, 6.07) is 0.725. The van der Waals surface area contributed by atoms with E-state index in [0.29, 0.717) is 5.54 Å². The Kier molecular flexibility index (Phi) is 4.48. The van der Waals surface area contributed by atoms with Crippen LogP contribution in [0.2, 0.25) is 0 Å². The fourth-order valence-corrected chi connectivity index (χ4v) is 3.86. The van der Waals surface area contributed by atoms with Crippen LogP contribution >= 0.6 is 0 Å². The van der Waals surface area contributed by atoms with Gasteiger partial charge in [-0.1, -0.05) is 40.0 Å². The maximum Gasteiger partial charge on any atom is 0.0334 e. The SMILES string of the molecule is CCN1CC(CC(C)C)NCC12CCCCC2. The molecule has 1 saturated carbocycles. The summed E-state index contributed by atoms with van der Waals surface area (Å²) in [6.45, 7) is 10.8. The first kappa shape index (κ1) is 13.4. The Balaban J connectivity index is 1.97. The number of nitrogens with zero attached hydrogens (tertiary/aromatic N) is 1. The number of hydrogen-bond donors (Lipinski definition) is 1. The molecule has 2 heteroatoms. The number of nitrogens with one attached hydrogen (secondary N) is 1. The van der Waals surface area contributed by atoms with Crippen LogP contribution in [0.3, 0.4) is 0 Å². The van der Waals surface area contributed by atoms with Crippen LogP contribution in [0.4, 0.5) is 0 Å². The summed E-state index contributed by atoms with van der Waals surface area (Å²) in [4.78, 5) is 2.79. The van der Waals surface area contributed by atoms with Gasteiger partial charge in [-0.25, -0.2) is 0 Å². The monoisotopic (exact) mass is 238 g/mol. The normalized spacial score (nSPS) is 30.0. The van der Waals surface area contributed by atoms with Gasteiger partial charge in [0.25, 0.3) is 0 Å². The van der Waals surface area contributed by atoms with Crippen LogP contribution in [0.1, 0.15) is 59.3 Å². The van der Waals surface area contributed by atoms with Crippen molar-refractivity contribution in [2.75, 3.05) is 19.6 Å². The van der Waals surface area contributed by atoms with Gasteiger partial charge in [0.2, 0.25) is 0 Å². The van der Waals surface area contributed by atoms with Crippen LogP contribution in [-0.4, -0.2) is 36.1 Å². The fraction of sp³-hybridized carbons (Fsp3) is 1.00. The van der Waals surface area contributed by atoms with Crippen molar-refractivity contribution in [3.05, 3.63) is 0 Å². The maximum absolute atomic E-state index is 3.83. The number of rotatable bonds is 3. The summed E-state index contributed by atoms with van der Waals surface area (Å²) in [6.07, 6.45) is 8.49. The minimum Gasteiger partial charge on any atom is -0.311 e. The molecule has 0 amide bonds. The maximum atomic E-state index is 3.83. The summed E-state index contributed by atoms with van der Waals surface area (Å²) < 4.78 is 0. The molecule has 1 spiro atoms. The first-order valence-corrected chi connectivity index (χ1v) is 7.65. The van der Waals surface area contributed by atoms with Crippen molar-refractivity contribution < 1.29 is 0 Å². The fourth-order valence-electron chi connectivity index (χ4n) is 3.86. The van der Waals surface area contributed by atoms with Gasteiger partial charge >= 0.3 is 0 Å². The zero-order chi connectivity index (χ0) is 12.3. The lowest BCUT2D eigenvalue weighted by Crippen LogP contribution is -2.65. The second kappa shape index (κ2) is 5.71. The van der Waals surface area contributed by atoms with Gasteiger partial charge in [-0.2, -0.15) is 0 Å². The van der Waals surface area contributed by atoms with Crippen LogP contribution in [0, 0.1) is 5.92 Å². The average molecular weight is 238 g/mol. The van der Waals surface area contributed by atoms with Crippen LogP contribution in [-0.2, 0) is 0 Å². The zero-order valence-corrected chi connectivity index (χ0v) is 12.0. The van der Waals surface area contributed by atoms with Crippen molar-refractivity contribution in [3.63, 3.8) is 0 Å². The van der Waals surface area contributed by atoms with Gasteiger partial charge in [0.1, 0.15) is 0 Å². The van der Waals surface area contributed by atoms with Crippen LogP contribution in [0.15, 0.2) is 0 Å². The Morgan fingerprint density at radius 1 is 1.24 bits per heavy atom. The van der Waals surface area contributed by atoms with E-state index in [1.54, 1.807) is 0 Å². The summed E-state index contributed by atoms with van der Waals surface area (Å²) in [5.74, 6) is 0.812. The van der Waals surface area contributed by atoms with E-state index in [-0.39, 0.29) is 0 Å². The molecule has 0 aromatic heterocycles. The Hall–Kier alpha value is -0.0800. The third-order valence-corrected chi connectivity index (χ3v) is 4.75. The lowest BCUT2D eigenvalue weighted by molar-refractivity contribution is 0.0108. The molecule has 0 aromatic rings. The molecular formula is C15H30N2. The van der Waals surface area contributed by atoms with Crippen molar-refractivity contribution in [2.24, 2.45) is 5.92 Å². The number of likely N-dealkylation sites (N-methyl/N-ethyl adjacent to an activating group) is 1. The molecule has 1 unspecified atom stereocenters. The second-order valence-corrected chi connectivity index (χ2v) is 6.53. The molecule has 2 fully saturated rings. The lowest BCUT2D eigenvalue weighted by atomic mass is 9.78. The van der Waals surface area contributed by atoms with E-state index in [9.17, 15) is 0 Å². The Labute approximate surface area is 107 Å². The smallest absolute Gasteiger partial charge is 0.0334 e. The Morgan fingerprint density at radius 3 is 2.53 bits per heavy atom. The molecule has 1 N–H and O–H groups in total. The second-order valence-electron chi connectivity index (χ2n) is 6.53. The molecular weight excluding hydrogens is 208 g/mol. The highest BCUT2D eigenvalue weighted by molar-refractivity contribution is 5.00. The van der Waals surface area contributed by atoms with Gasteiger partial charge in [-0.15, -0.1) is 0 Å². The molecule has 0 bridgehead atoms. The molecule has 2 nitrogen and oxygen atoms in total. The van der Waals surface area contributed by atoms with Crippen molar-refractivity contribution >= 4 is 0 Å². The highest BCUT2D eigenvalue weighted by Crippen LogP contribution is 2.35. The quantitative estimate of drug-likeness (QED) is 0.813. The molecule has 2 rings (SSSR count). The van der Waals surface area contributed by atoms with Crippen LogP contribution < -0.4 is 5.32 Å². The van der Waals surface area contributed by atoms with Crippen LogP contribution in [0.5, 0.6) is 0 Å². The Morgan fingerprint density at radius 2 is 1.94 bits per heavy atom. The van der Waals surface area contributed by atoms with Crippen molar-refractivity contribution in [3.8, 4) is 0 Å². The van der Waals surface area contributed by atoms with E-state index in [2.05, 4.69) is 31.0 Å². The van der Waals surface area contributed by atoms with Crippen molar-refractivity contribution in [2.45, 2.75) is 70.9 Å². The molecule has 1 aliphatic carbocycles. The first-order valence-electron chi connectivity index (χ1n) is 7.65. The van der Waals surface area contributed by atoms with E-state index < -0.39 is 0 Å². The third kappa shape index (κ3) is 3.03. The molecule has 1 saturated heterocycles. The first-order chi connectivity index (χ1) is 8.16. The summed E-state index contributed by atoms with van der Waals surface area (Å²) in [7, 11) is 0. The van der Waals surface area contributed by atoms with E-state index in [0.717, 1.165) is 12.0 Å². The van der Waals surface area contributed by atoms with E-state index >= 15 is 0 Å². The molecule has 2 aliphatic rings. The average Bonchev–Trinajstić information content (AvgIpc) is 2.32. The van der Waals surface area contributed by atoms with E-state index in [1.165, 1.54) is 58.2 Å². The predicted molar refractivity (Wildman–Crippen MR) is 74.3 cm³/mol. The van der Waals surface area contributed by atoms with E-state index in [1.807, 2.05) is 0 Å². The van der Waals surface area contributed by atoms with Crippen molar-refractivity contribution in [1.29, 1.82) is 0 Å². The zero-order valence-electron chi connectivity index (χ0n) is 12.0. The largest absolute Gasteiger partial charge is 0.311 e.